The molecule has 5 rings (SSSR count). The number of aromatic amines is 1. The Morgan fingerprint density at radius 1 is 1.32 bits per heavy atom. The lowest BCUT2D eigenvalue weighted by atomic mass is 10.1. The molecule has 2 aliphatic rings. The zero-order valence-electron chi connectivity index (χ0n) is 15.4. The maximum Gasteiger partial charge on any atom is 0.276 e. The highest BCUT2D eigenvalue weighted by molar-refractivity contribution is 5.95. The van der Waals surface area contributed by atoms with Gasteiger partial charge in [-0.3, -0.25) is 19.5 Å². The van der Waals surface area contributed by atoms with Crippen LogP contribution in [-0.2, 0) is 0 Å². The first kappa shape index (κ1) is 17.1. The van der Waals surface area contributed by atoms with Crippen molar-refractivity contribution in [3.05, 3.63) is 46.1 Å². The Morgan fingerprint density at radius 3 is 2.89 bits per heavy atom. The van der Waals surface area contributed by atoms with Crippen LogP contribution in [0.5, 0.6) is 0 Å². The van der Waals surface area contributed by atoms with Crippen LogP contribution in [0.1, 0.15) is 22.5 Å². The zero-order valence-corrected chi connectivity index (χ0v) is 15.4. The summed E-state index contributed by atoms with van der Waals surface area (Å²) in [4.78, 5) is 31.6. The third-order valence-corrected chi connectivity index (χ3v) is 5.66. The number of amides is 1. The van der Waals surface area contributed by atoms with Crippen LogP contribution in [0.15, 0.2) is 29.3 Å². The highest BCUT2D eigenvalue weighted by Gasteiger charge is 2.39. The molecule has 1 N–H and O–H groups in total. The van der Waals surface area contributed by atoms with Crippen LogP contribution in [0.2, 0.25) is 0 Å². The minimum absolute atomic E-state index is 0.111. The van der Waals surface area contributed by atoms with Crippen molar-refractivity contribution >= 4 is 11.4 Å². The summed E-state index contributed by atoms with van der Waals surface area (Å²) in [6.45, 7) is 4.18. The number of hydrogen-bond donors (Lipinski definition) is 1. The van der Waals surface area contributed by atoms with Crippen molar-refractivity contribution in [2.24, 2.45) is 0 Å². The predicted molar refractivity (Wildman–Crippen MR) is 98.4 cm³/mol. The van der Waals surface area contributed by atoms with Crippen molar-refractivity contribution in [3.63, 3.8) is 0 Å². The van der Waals surface area contributed by atoms with E-state index < -0.39 is 6.17 Å². The number of halogens is 1. The first-order chi connectivity index (χ1) is 13.5. The number of carbonyl (C=O) groups excluding carboxylic acids is 1. The van der Waals surface area contributed by atoms with Gasteiger partial charge in [-0.05, 0) is 25.5 Å². The summed E-state index contributed by atoms with van der Waals surface area (Å²) in [5.74, 6) is 0.137. The summed E-state index contributed by atoms with van der Waals surface area (Å²) in [7, 11) is 0. The Hall–Kier alpha value is -3.01. The Labute approximate surface area is 159 Å². The fraction of sp³-hybridized carbons (Fsp3) is 0.444. The van der Waals surface area contributed by atoms with E-state index in [4.69, 9.17) is 0 Å². The van der Waals surface area contributed by atoms with Crippen LogP contribution in [0.3, 0.4) is 0 Å². The minimum atomic E-state index is -0.752. The molecule has 146 valence electrons. The van der Waals surface area contributed by atoms with Crippen LogP contribution >= 0.6 is 0 Å². The number of alkyl halides is 1. The third-order valence-electron chi connectivity index (χ3n) is 5.66. The van der Waals surface area contributed by atoms with Gasteiger partial charge in [-0.25, -0.2) is 13.6 Å². The Bertz CT molecular complexity index is 1110. The molecule has 0 aromatic carbocycles. The van der Waals surface area contributed by atoms with Gasteiger partial charge in [-0.1, -0.05) is 0 Å². The smallest absolute Gasteiger partial charge is 0.276 e. The molecule has 0 spiro atoms. The number of likely N-dealkylation sites (tertiary alicyclic amines) is 2. The van der Waals surface area contributed by atoms with E-state index in [0.717, 1.165) is 6.54 Å². The van der Waals surface area contributed by atoms with Crippen LogP contribution in [0.4, 0.5) is 4.39 Å². The molecule has 2 fully saturated rings. The van der Waals surface area contributed by atoms with Crippen molar-refractivity contribution in [2.45, 2.75) is 25.6 Å². The Balaban J connectivity index is 1.35. The Kier molecular flexibility index (Phi) is 3.83. The SMILES string of the molecule is Cc1c(C(=O)N2CC(N3CC[C@H](F)C3)C2)cnn1-c1nn2cccc2c(=O)[nH]1. The molecule has 0 radical (unpaired) electrons. The van der Waals surface area contributed by atoms with E-state index in [2.05, 4.69) is 20.1 Å². The first-order valence-corrected chi connectivity index (χ1v) is 9.31. The van der Waals surface area contributed by atoms with E-state index in [1.54, 1.807) is 30.2 Å². The molecule has 0 unspecified atom stereocenters. The van der Waals surface area contributed by atoms with Crippen molar-refractivity contribution in [1.29, 1.82) is 0 Å². The molecule has 5 heterocycles. The number of carbonyl (C=O) groups is 1. The molecule has 9 nitrogen and oxygen atoms in total. The Morgan fingerprint density at radius 2 is 2.14 bits per heavy atom. The number of aromatic nitrogens is 5. The lowest BCUT2D eigenvalue weighted by molar-refractivity contribution is 0.0319. The molecular weight excluding hydrogens is 365 g/mol. The second-order valence-corrected chi connectivity index (χ2v) is 7.42. The first-order valence-electron chi connectivity index (χ1n) is 9.31. The molecule has 0 bridgehead atoms. The number of rotatable bonds is 3. The van der Waals surface area contributed by atoms with Crippen molar-refractivity contribution in [1.82, 2.24) is 34.2 Å². The lowest BCUT2D eigenvalue weighted by Crippen LogP contribution is -2.60. The molecule has 3 aromatic heterocycles. The van der Waals surface area contributed by atoms with Gasteiger partial charge in [-0.15, -0.1) is 5.10 Å². The van der Waals surface area contributed by atoms with E-state index in [0.29, 0.717) is 42.8 Å². The molecule has 2 aliphatic heterocycles. The second-order valence-electron chi connectivity index (χ2n) is 7.42. The summed E-state index contributed by atoms with van der Waals surface area (Å²) in [5, 5.41) is 8.59. The van der Waals surface area contributed by atoms with E-state index in [1.807, 2.05) is 0 Å². The largest absolute Gasteiger partial charge is 0.335 e. The van der Waals surface area contributed by atoms with E-state index in [9.17, 15) is 14.0 Å². The molecular formula is C18H20FN7O2. The summed E-state index contributed by atoms with van der Waals surface area (Å²) < 4.78 is 16.3. The van der Waals surface area contributed by atoms with Gasteiger partial charge in [0, 0.05) is 38.4 Å². The van der Waals surface area contributed by atoms with E-state index in [-0.39, 0.29) is 23.5 Å². The summed E-state index contributed by atoms with van der Waals surface area (Å²) >= 11 is 0. The van der Waals surface area contributed by atoms with E-state index >= 15 is 0 Å². The fourth-order valence-electron chi connectivity index (χ4n) is 3.96. The fourth-order valence-corrected chi connectivity index (χ4v) is 3.96. The van der Waals surface area contributed by atoms with Gasteiger partial charge in [0.25, 0.3) is 11.5 Å². The van der Waals surface area contributed by atoms with Crippen molar-refractivity contribution < 1.29 is 9.18 Å². The van der Waals surface area contributed by atoms with E-state index in [1.165, 1.54) is 15.4 Å². The summed E-state index contributed by atoms with van der Waals surface area (Å²) in [5.41, 5.74) is 1.24. The maximum atomic E-state index is 13.4. The van der Waals surface area contributed by atoms with Crippen LogP contribution in [0.25, 0.3) is 11.5 Å². The summed E-state index contributed by atoms with van der Waals surface area (Å²) in [6.07, 6.45) is 3.00. The highest BCUT2D eigenvalue weighted by Crippen LogP contribution is 2.24. The molecule has 2 saturated heterocycles. The van der Waals surface area contributed by atoms with Gasteiger partial charge in [0.2, 0.25) is 5.95 Å². The van der Waals surface area contributed by atoms with Crippen LogP contribution in [0, 0.1) is 6.92 Å². The minimum Gasteiger partial charge on any atom is -0.335 e. The molecule has 3 aromatic rings. The zero-order chi connectivity index (χ0) is 19.4. The van der Waals surface area contributed by atoms with Crippen molar-refractivity contribution in [3.8, 4) is 5.95 Å². The standard InChI is InChI=1S/C18H20FN7O2/c1-11-14(17(28)24-9-13(10-24)23-6-4-12(19)8-23)7-20-26(11)18-21-16(27)15-3-2-5-25(15)22-18/h2-3,5,7,12-13H,4,6,8-10H2,1H3,(H,21,22,27)/t12-/m0/s1. The van der Waals surface area contributed by atoms with Gasteiger partial charge < -0.3 is 4.90 Å². The quantitative estimate of drug-likeness (QED) is 0.704. The highest BCUT2D eigenvalue weighted by atomic mass is 19.1. The normalized spacial score (nSPS) is 20.8. The molecule has 10 heteroatoms. The number of fused-ring (bicyclic) bond motifs is 1. The lowest BCUT2D eigenvalue weighted by Gasteiger charge is -2.43. The number of nitrogens with zero attached hydrogens (tertiary/aromatic N) is 6. The average Bonchev–Trinajstić information content (AvgIpc) is 3.33. The average molecular weight is 385 g/mol. The topological polar surface area (TPSA) is 91.5 Å². The molecule has 1 atom stereocenters. The van der Waals surface area contributed by atoms with Gasteiger partial charge in [0.05, 0.1) is 17.5 Å². The van der Waals surface area contributed by atoms with Crippen molar-refractivity contribution in [2.75, 3.05) is 26.2 Å². The second kappa shape index (κ2) is 6.26. The molecule has 1 amide bonds. The summed E-state index contributed by atoms with van der Waals surface area (Å²) in [6, 6.07) is 3.64. The molecule has 28 heavy (non-hydrogen) atoms. The van der Waals surface area contributed by atoms with Crippen LogP contribution < -0.4 is 5.56 Å². The molecule has 0 aliphatic carbocycles. The van der Waals surface area contributed by atoms with Gasteiger partial charge in [-0.2, -0.15) is 5.10 Å². The number of H-pyrrole nitrogens is 1. The van der Waals surface area contributed by atoms with Gasteiger partial charge >= 0.3 is 0 Å². The van der Waals surface area contributed by atoms with Crippen LogP contribution in [-0.4, -0.2) is 78.5 Å². The van der Waals surface area contributed by atoms with Gasteiger partial charge in [0.15, 0.2) is 0 Å². The predicted octanol–water partition coefficient (Wildman–Crippen LogP) is 0.385. The van der Waals surface area contributed by atoms with Gasteiger partial charge in [0.1, 0.15) is 11.7 Å². The monoisotopic (exact) mass is 385 g/mol. The molecule has 0 saturated carbocycles. The third kappa shape index (κ3) is 2.63. The maximum absolute atomic E-state index is 13.4. The number of hydrogen-bond acceptors (Lipinski definition) is 5. The number of nitrogens with one attached hydrogen (secondary N) is 1.